The number of carbonyl (C=O) groups excluding carboxylic acids is 9. The number of piperidine rings is 1. The number of aromatic carboxylic acids is 1. The molecule has 17 heteroatoms. The van der Waals surface area contributed by atoms with E-state index in [0.29, 0.717) is 80.0 Å². The molecule has 0 unspecified atom stereocenters. The minimum absolute atomic E-state index is 0.000532. The summed E-state index contributed by atoms with van der Waals surface area (Å²) in [6, 6.07) is 36.5. The van der Waals surface area contributed by atoms with Gasteiger partial charge < -0.3 is 36.2 Å². The highest BCUT2D eigenvalue weighted by molar-refractivity contribution is 6.00. The summed E-state index contributed by atoms with van der Waals surface area (Å²) >= 11 is 0. The molecule has 1 saturated heterocycles. The van der Waals surface area contributed by atoms with Gasteiger partial charge in [0.25, 0.3) is 23.6 Å². The highest BCUT2D eigenvalue weighted by atomic mass is 16.4. The maximum absolute atomic E-state index is 12.3. The number of nitrogens with one attached hydrogen (secondary N) is 3. The normalized spacial score (nSPS) is 11.7. The molecule has 0 aromatic heterocycles. The van der Waals surface area contributed by atoms with Gasteiger partial charge in [0, 0.05) is 115 Å². The average Bonchev–Trinajstić information content (AvgIpc) is 3.49. The van der Waals surface area contributed by atoms with Crippen LogP contribution < -0.4 is 16.0 Å². The van der Waals surface area contributed by atoms with Gasteiger partial charge >= 0.3 is 5.97 Å². The molecule has 0 radical (unpaired) electrons. The number of amides is 4. The molecule has 17 nitrogen and oxygen atoms in total. The molecule has 1 heterocycles. The van der Waals surface area contributed by atoms with Gasteiger partial charge in [0.2, 0.25) is 0 Å². The van der Waals surface area contributed by atoms with E-state index in [4.69, 9.17) is 10.2 Å². The van der Waals surface area contributed by atoms with Gasteiger partial charge in [0.1, 0.15) is 34.6 Å². The fourth-order valence-corrected chi connectivity index (χ4v) is 7.66. The number of aromatic hydroxyl groups is 2. The van der Waals surface area contributed by atoms with Crippen LogP contribution in [0.15, 0.2) is 133 Å². The Morgan fingerprint density at radius 2 is 0.807 bits per heavy atom. The van der Waals surface area contributed by atoms with E-state index in [0.717, 1.165) is 18.4 Å². The molecule has 0 saturated carbocycles. The standard InChI is InChI=1S/C16H21NO2.2C13H17NO3.C13H17NO2.C11H12O3/c1-12(2)15(18)13-8-10-17(11-9-13)16(19)14-6-4-3-5-7-14;1-9(2)12(16)7-8-14-13(17)10-3-5-11(15)6-4-10;1-9(2)12(16)6-7-14-13(17)10-4-3-5-11(15)8-10;1-10(2)12(15)8-9-14-13(16)11-6-4-3-5-7-11;1-7(2)10(12)8-4-3-5-9(6-8)11(13)14/h3-7,12-13H,8-11H2,1-2H3;3-6,9,15H,7-8H2,1-2H3,(H,14,17);3-5,8-9,15H,6-7H2,1-2H3,(H,14,17);3-7,10H,8-9H2,1-2H3,(H,14,16);3-7H,1-2H3,(H,13,14). The van der Waals surface area contributed by atoms with E-state index < -0.39 is 5.97 Å². The van der Waals surface area contributed by atoms with E-state index in [2.05, 4.69) is 16.0 Å². The number of carboxylic acid groups (broad SMARTS) is 1. The lowest BCUT2D eigenvalue weighted by Gasteiger charge is -2.32. The zero-order chi connectivity index (χ0) is 62.2. The molecule has 5 aromatic carbocycles. The predicted molar refractivity (Wildman–Crippen MR) is 321 cm³/mol. The molecule has 1 aliphatic rings. The van der Waals surface area contributed by atoms with Gasteiger partial charge in [-0.25, -0.2) is 4.79 Å². The molecule has 0 spiro atoms. The maximum Gasteiger partial charge on any atom is 0.335 e. The number of rotatable bonds is 21. The fourth-order valence-electron chi connectivity index (χ4n) is 7.66. The van der Waals surface area contributed by atoms with Crippen LogP contribution in [0.2, 0.25) is 0 Å². The molecular weight excluding hydrogens is 1060 g/mol. The summed E-state index contributed by atoms with van der Waals surface area (Å²) in [4.78, 5) is 117. The maximum atomic E-state index is 12.3. The van der Waals surface area contributed by atoms with Crippen molar-refractivity contribution in [2.24, 2.45) is 35.5 Å². The fraction of sp³-hybridized carbons (Fsp3) is 0.394. The molecular formula is C66H84N4O13. The highest BCUT2D eigenvalue weighted by Crippen LogP contribution is 2.23. The third-order valence-electron chi connectivity index (χ3n) is 12.9. The number of likely N-dealkylation sites (tertiary alicyclic amines) is 1. The zero-order valence-corrected chi connectivity index (χ0v) is 49.6. The largest absolute Gasteiger partial charge is 0.508 e. The molecule has 4 amide bonds. The van der Waals surface area contributed by atoms with Crippen LogP contribution >= 0.6 is 0 Å². The number of benzene rings is 5. The second-order valence-electron chi connectivity index (χ2n) is 21.2. The Balaban J connectivity index is 0.000000355. The lowest BCUT2D eigenvalue weighted by molar-refractivity contribution is -0.127. The van der Waals surface area contributed by atoms with Gasteiger partial charge in [-0.15, -0.1) is 0 Å². The first-order chi connectivity index (χ1) is 39.2. The SMILES string of the molecule is CC(C)C(=O)C1CCN(C(=O)c2ccccc2)CC1.CC(C)C(=O)CCNC(=O)c1ccc(O)cc1.CC(C)C(=O)CCNC(=O)c1cccc(O)c1.CC(C)C(=O)CCNC(=O)c1ccccc1.CC(C)C(=O)c1cccc(C(=O)O)c1. The van der Waals surface area contributed by atoms with Gasteiger partial charge in [-0.05, 0) is 91.7 Å². The van der Waals surface area contributed by atoms with Crippen molar-refractivity contribution in [1.82, 2.24) is 20.9 Å². The molecule has 83 heavy (non-hydrogen) atoms. The van der Waals surface area contributed by atoms with Gasteiger partial charge in [-0.3, -0.25) is 43.2 Å². The smallest absolute Gasteiger partial charge is 0.335 e. The van der Waals surface area contributed by atoms with Crippen molar-refractivity contribution in [3.63, 3.8) is 0 Å². The number of nitrogens with zero attached hydrogens (tertiary/aromatic N) is 1. The second kappa shape index (κ2) is 37.4. The van der Waals surface area contributed by atoms with E-state index in [1.54, 1.807) is 50.2 Å². The highest BCUT2D eigenvalue weighted by Gasteiger charge is 2.29. The third-order valence-corrected chi connectivity index (χ3v) is 12.9. The Hall–Kier alpha value is -8.60. The topological polar surface area (TPSA) is 271 Å². The molecule has 0 atom stereocenters. The van der Waals surface area contributed by atoms with Crippen LogP contribution in [0.4, 0.5) is 0 Å². The van der Waals surface area contributed by atoms with Gasteiger partial charge in [0.05, 0.1) is 5.56 Å². The lowest BCUT2D eigenvalue weighted by Crippen LogP contribution is -2.41. The Kier molecular flexibility index (Phi) is 31.8. The van der Waals surface area contributed by atoms with E-state index in [9.17, 15) is 53.1 Å². The van der Waals surface area contributed by atoms with Crippen LogP contribution in [-0.2, 0) is 19.2 Å². The van der Waals surface area contributed by atoms with Crippen molar-refractivity contribution >= 4 is 58.5 Å². The first-order valence-corrected chi connectivity index (χ1v) is 28.0. The number of phenols is 2. The van der Waals surface area contributed by atoms with Crippen molar-refractivity contribution < 1.29 is 63.3 Å². The lowest BCUT2D eigenvalue weighted by atomic mass is 9.87. The average molecular weight is 1140 g/mol. The number of hydrogen-bond donors (Lipinski definition) is 6. The number of carbonyl (C=O) groups is 10. The van der Waals surface area contributed by atoms with E-state index in [1.807, 2.05) is 109 Å². The summed E-state index contributed by atoms with van der Waals surface area (Å²) in [5.74, 6) is -0.504. The third kappa shape index (κ3) is 27.1. The summed E-state index contributed by atoms with van der Waals surface area (Å²) in [6.45, 7) is 21.0. The van der Waals surface area contributed by atoms with Crippen LogP contribution in [-0.4, -0.2) is 111 Å². The van der Waals surface area contributed by atoms with Crippen LogP contribution in [0, 0.1) is 35.5 Å². The van der Waals surface area contributed by atoms with Crippen LogP contribution in [0.5, 0.6) is 11.5 Å². The quantitative estimate of drug-likeness (QED) is 0.0374. The zero-order valence-electron chi connectivity index (χ0n) is 49.6. The van der Waals surface area contributed by atoms with Crippen molar-refractivity contribution in [1.29, 1.82) is 0 Å². The molecule has 1 fully saturated rings. The summed E-state index contributed by atoms with van der Waals surface area (Å²) in [5, 5.41) is 35.0. The van der Waals surface area contributed by atoms with Gasteiger partial charge in [-0.2, -0.15) is 0 Å². The minimum atomic E-state index is -1.01. The molecule has 0 bridgehead atoms. The van der Waals surface area contributed by atoms with Crippen LogP contribution in [0.25, 0.3) is 0 Å². The Labute approximate surface area is 488 Å². The number of ketones is 5. The molecule has 5 aromatic rings. The molecule has 6 rings (SSSR count). The number of phenolic OH excluding ortho intramolecular Hbond substituents is 2. The summed E-state index contributed by atoms with van der Waals surface area (Å²) in [5.41, 5.74) is 2.83. The monoisotopic (exact) mass is 1140 g/mol. The first-order valence-electron chi connectivity index (χ1n) is 28.0. The Morgan fingerprint density at radius 3 is 1.22 bits per heavy atom. The molecule has 6 N–H and O–H groups in total. The first kappa shape index (κ1) is 70.5. The number of carboxylic acids is 1. The van der Waals surface area contributed by atoms with Gasteiger partial charge in [0.15, 0.2) is 5.78 Å². The molecule has 446 valence electrons. The molecule has 0 aliphatic carbocycles. The van der Waals surface area contributed by atoms with E-state index >= 15 is 0 Å². The summed E-state index contributed by atoms with van der Waals surface area (Å²) in [6.07, 6.45) is 2.69. The van der Waals surface area contributed by atoms with Crippen molar-refractivity contribution in [3.8, 4) is 11.5 Å². The van der Waals surface area contributed by atoms with Crippen molar-refractivity contribution in [3.05, 3.63) is 167 Å². The van der Waals surface area contributed by atoms with Gasteiger partial charge in [-0.1, -0.05) is 124 Å². The van der Waals surface area contributed by atoms with E-state index in [-0.39, 0.29) is 99.3 Å². The van der Waals surface area contributed by atoms with Crippen molar-refractivity contribution in [2.45, 2.75) is 101 Å². The Morgan fingerprint density at radius 1 is 0.422 bits per heavy atom. The number of Topliss-reactive ketones (excluding diaryl/α,β-unsaturated/α-hetero) is 5. The van der Waals surface area contributed by atoms with Crippen LogP contribution in [0.1, 0.15) is 163 Å². The van der Waals surface area contributed by atoms with E-state index in [1.165, 1.54) is 48.5 Å². The van der Waals surface area contributed by atoms with Crippen molar-refractivity contribution in [2.75, 3.05) is 32.7 Å². The molecule has 1 aliphatic heterocycles. The predicted octanol–water partition coefficient (Wildman–Crippen LogP) is 10.5. The second-order valence-corrected chi connectivity index (χ2v) is 21.2. The van der Waals surface area contributed by atoms with Crippen LogP contribution in [0.3, 0.4) is 0 Å². The summed E-state index contributed by atoms with van der Waals surface area (Å²) in [7, 11) is 0. The summed E-state index contributed by atoms with van der Waals surface area (Å²) < 4.78 is 0. The Bertz CT molecular complexity index is 2890. The number of hydrogen-bond acceptors (Lipinski definition) is 12. The minimum Gasteiger partial charge on any atom is -0.508 e.